The number of hydrogen-bond acceptors (Lipinski definition) is 4. The molecule has 0 aromatic rings. The lowest BCUT2D eigenvalue weighted by atomic mass is 10.1. The zero-order valence-electron chi connectivity index (χ0n) is 18.2. The van der Waals surface area contributed by atoms with E-state index >= 15 is 0 Å². The third-order valence-electron chi connectivity index (χ3n) is 4.14. The number of allylic oxidation sites excluding steroid dienone is 6. The van der Waals surface area contributed by atoms with E-state index < -0.39 is 17.9 Å². The summed E-state index contributed by atoms with van der Waals surface area (Å²) in [6.45, 7) is 5.95. The molecule has 1 aliphatic heterocycles. The Balaban J connectivity index is 2.39. The van der Waals surface area contributed by atoms with Crippen LogP contribution in [-0.4, -0.2) is 40.3 Å². The second-order valence-electron chi connectivity index (χ2n) is 7.35. The summed E-state index contributed by atoms with van der Waals surface area (Å²) >= 11 is 0. The molecular formula is C25H34O5. The summed E-state index contributed by atoms with van der Waals surface area (Å²) in [6.07, 6.45) is 20.6. The average molecular weight is 415 g/mol. The maximum absolute atomic E-state index is 10.4. The molecular weight excluding hydrogens is 380 g/mol. The van der Waals surface area contributed by atoms with E-state index in [2.05, 4.69) is 30.9 Å². The third kappa shape index (κ3) is 12.2. The van der Waals surface area contributed by atoms with Gasteiger partial charge in [-0.3, -0.25) is 4.79 Å². The van der Waals surface area contributed by atoms with Crippen molar-refractivity contribution in [2.24, 2.45) is 0 Å². The molecule has 0 amide bonds. The molecule has 5 nitrogen and oxygen atoms in total. The van der Waals surface area contributed by atoms with E-state index in [0.29, 0.717) is 12.8 Å². The Morgan fingerprint density at radius 1 is 1.10 bits per heavy atom. The number of aliphatic carboxylic acids is 1. The molecule has 0 aliphatic carbocycles. The van der Waals surface area contributed by atoms with Crippen LogP contribution in [0.3, 0.4) is 0 Å². The van der Waals surface area contributed by atoms with E-state index in [-0.39, 0.29) is 18.6 Å². The Hall–Kier alpha value is -2.39. The van der Waals surface area contributed by atoms with Crippen LogP contribution in [0.15, 0.2) is 60.8 Å². The summed E-state index contributed by atoms with van der Waals surface area (Å²) in [5.74, 6) is 4.31. The van der Waals surface area contributed by atoms with E-state index in [1.807, 2.05) is 32.1 Å². The third-order valence-corrected chi connectivity index (χ3v) is 4.14. The second kappa shape index (κ2) is 14.6. The van der Waals surface area contributed by atoms with Crippen LogP contribution < -0.4 is 0 Å². The Morgan fingerprint density at radius 3 is 2.60 bits per heavy atom. The van der Waals surface area contributed by atoms with Crippen LogP contribution in [0.25, 0.3) is 0 Å². The van der Waals surface area contributed by atoms with E-state index in [4.69, 9.17) is 14.6 Å². The molecule has 2 N–H and O–H groups in total. The number of aliphatic hydroxyl groups excluding tert-OH is 1. The fourth-order valence-corrected chi connectivity index (χ4v) is 2.78. The lowest BCUT2D eigenvalue weighted by molar-refractivity contribution is -0.142. The van der Waals surface area contributed by atoms with Crippen LogP contribution in [-0.2, 0) is 14.3 Å². The minimum absolute atomic E-state index is 0.00105. The molecule has 30 heavy (non-hydrogen) atoms. The van der Waals surface area contributed by atoms with Crippen molar-refractivity contribution in [1.29, 1.82) is 0 Å². The highest BCUT2D eigenvalue weighted by atomic mass is 16.7. The highest BCUT2D eigenvalue weighted by Gasteiger charge is 2.38. The van der Waals surface area contributed by atoms with Gasteiger partial charge in [0, 0.05) is 6.42 Å². The van der Waals surface area contributed by atoms with Crippen molar-refractivity contribution in [2.75, 3.05) is 0 Å². The summed E-state index contributed by atoms with van der Waals surface area (Å²) in [4.78, 5) is 10.4. The molecule has 0 unspecified atom stereocenters. The maximum atomic E-state index is 10.4. The molecule has 164 valence electrons. The van der Waals surface area contributed by atoms with Crippen LogP contribution in [0.5, 0.6) is 0 Å². The first kappa shape index (κ1) is 25.6. The molecule has 1 heterocycles. The van der Waals surface area contributed by atoms with Gasteiger partial charge in [-0.1, -0.05) is 61.3 Å². The smallest absolute Gasteiger partial charge is 0.303 e. The van der Waals surface area contributed by atoms with Gasteiger partial charge in [-0.15, -0.1) is 0 Å². The normalized spacial score (nSPS) is 22.5. The van der Waals surface area contributed by atoms with Gasteiger partial charge in [0.1, 0.15) is 6.10 Å². The van der Waals surface area contributed by atoms with Gasteiger partial charge in [0.2, 0.25) is 0 Å². The molecule has 1 aliphatic rings. The summed E-state index contributed by atoms with van der Waals surface area (Å²) in [6, 6.07) is 0. The van der Waals surface area contributed by atoms with E-state index in [1.165, 1.54) is 0 Å². The Bertz CT molecular complexity index is 716. The number of aliphatic hydroxyl groups is 1. The first-order valence-electron chi connectivity index (χ1n) is 10.4. The fourth-order valence-electron chi connectivity index (χ4n) is 2.78. The van der Waals surface area contributed by atoms with Crippen LogP contribution in [0.4, 0.5) is 0 Å². The second-order valence-corrected chi connectivity index (χ2v) is 7.35. The minimum Gasteiger partial charge on any atom is -0.481 e. The van der Waals surface area contributed by atoms with Crippen molar-refractivity contribution in [3.63, 3.8) is 0 Å². The van der Waals surface area contributed by atoms with E-state index in [0.717, 1.165) is 12.8 Å². The molecule has 0 saturated carbocycles. The molecule has 3 atom stereocenters. The minimum atomic E-state index is -0.824. The van der Waals surface area contributed by atoms with Gasteiger partial charge < -0.3 is 19.7 Å². The summed E-state index contributed by atoms with van der Waals surface area (Å²) in [7, 11) is 0. The maximum Gasteiger partial charge on any atom is 0.303 e. The topological polar surface area (TPSA) is 76.0 Å². The molecule has 5 heteroatoms. The van der Waals surface area contributed by atoms with Crippen LogP contribution >= 0.6 is 0 Å². The van der Waals surface area contributed by atoms with E-state index in [9.17, 15) is 9.90 Å². The van der Waals surface area contributed by atoms with E-state index in [1.54, 1.807) is 30.4 Å². The summed E-state index contributed by atoms with van der Waals surface area (Å²) in [5, 5.41) is 18.3. The van der Waals surface area contributed by atoms with Gasteiger partial charge in [0.15, 0.2) is 5.79 Å². The lowest BCUT2D eigenvalue weighted by Crippen LogP contribution is -2.21. The molecule has 0 aromatic carbocycles. The van der Waals surface area contributed by atoms with Crippen LogP contribution in [0.2, 0.25) is 0 Å². The number of ether oxygens (including phenoxy) is 2. The molecule has 1 saturated heterocycles. The predicted molar refractivity (Wildman–Crippen MR) is 120 cm³/mol. The van der Waals surface area contributed by atoms with Gasteiger partial charge in [-0.25, -0.2) is 0 Å². The van der Waals surface area contributed by atoms with Gasteiger partial charge in [-0.2, -0.15) is 0 Å². The van der Waals surface area contributed by atoms with Crippen molar-refractivity contribution >= 4 is 5.97 Å². The van der Waals surface area contributed by atoms with Crippen molar-refractivity contribution in [2.45, 2.75) is 77.0 Å². The lowest BCUT2D eigenvalue weighted by Gasteiger charge is -2.16. The highest BCUT2D eigenvalue weighted by molar-refractivity contribution is 5.66. The van der Waals surface area contributed by atoms with Gasteiger partial charge in [-0.05, 0) is 57.8 Å². The van der Waals surface area contributed by atoms with Crippen molar-refractivity contribution in [1.82, 2.24) is 0 Å². The quantitative estimate of drug-likeness (QED) is 0.291. The molecule has 1 fully saturated rings. The van der Waals surface area contributed by atoms with Gasteiger partial charge in [0.25, 0.3) is 0 Å². The van der Waals surface area contributed by atoms with Gasteiger partial charge in [0.05, 0.1) is 12.2 Å². The number of carboxylic acid groups (broad SMARTS) is 1. The molecule has 0 radical (unpaired) electrons. The number of rotatable bonds is 11. The average Bonchev–Trinajstić information content (AvgIpc) is 2.97. The largest absolute Gasteiger partial charge is 0.481 e. The first-order valence-corrected chi connectivity index (χ1v) is 10.4. The van der Waals surface area contributed by atoms with Gasteiger partial charge >= 0.3 is 5.97 Å². The number of carboxylic acids is 1. The molecule has 1 rings (SSSR count). The molecule has 0 bridgehead atoms. The summed E-state index contributed by atoms with van der Waals surface area (Å²) < 4.78 is 11.9. The highest BCUT2D eigenvalue weighted by Crippen LogP contribution is 2.30. The monoisotopic (exact) mass is 414 g/mol. The zero-order chi connectivity index (χ0) is 22.2. The van der Waals surface area contributed by atoms with Crippen molar-refractivity contribution < 1.29 is 24.5 Å². The van der Waals surface area contributed by atoms with Crippen molar-refractivity contribution in [3.8, 4) is 11.8 Å². The zero-order valence-corrected chi connectivity index (χ0v) is 18.2. The van der Waals surface area contributed by atoms with Crippen molar-refractivity contribution in [3.05, 3.63) is 60.8 Å². The molecule has 0 aromatic heterocycles. The fraction of sp³-hybridized carbons (Fsp3) is 0.480. The Kier molecular flexibility index (Phi) is 12.5. The predicted octanol–water partition coefficient (Wildman–Crippen LogP) is 4.71. The number of carbonyl (C=O) groups is 1. The van der Waals surface area contributed by atoms with Crippen LogP contribution in [0, 0.1) is 11.8 Å². The Labute approximate surface area is 180 Å². The molecule has 0 spiro atoms. The summed E-state index contributed by atoms with van der Waals surface area (Å²) in [5.41, 5.74) is 0. The Morgan fingerprint density at radius 2 is 1.87 bits per heavy atom. The SMILES string of the molecule is CC/C=C\C[C@@H]1OC(C)(C)O[C@@H]1/C=C/C=C/C#C/C=C/[C@@H](O)C/C=C\CCC(=O)O. The standard InChI is InChI=1S/C25H34O5/c1-4-5-11-18-22-23(30-25(2,3)29-22)19-14-9-7-6-8-12-16-21(26)17-13-10-15-20-24(27)28/h5,7,9-14,16,19,21-23,26H,4,15,17-18,20H2,1-3H3,(H,27,28)/b9-7+,11-5-,13-10-,16-12+,19-14+/t21-,22+,23-/m1/s1. The van der Waals surface area contributed by atoms with Crippen LogP contribution in [0.1, 0.15) is 52.9 Å². The first-order chi connectivity index (χ1) is 14.3. The number of hydrogen-bond donors (Lipinski definition) is 2.